The molecule has 0 amide bonds. The van der Waals surface area contributed by atoms with Crippen molar-refractivity contribution in [3.05, 3.63) is 17.0 Å². The zero-order valence-electron chi connectivity index (χ0n) is 8.79. The van der Waals surface area contributed by atoms with E-state index in [4.69, 9.17) is 0 Å². The molecule has 0 atom stereocenters. The van der Waals surface area contributed by atoms with Crippen LogP contribution in [0, 0.1) is 0 Å². The summed E-state index contributed by atoms with van der Waals surface area (Å²) in [5.74, 6) is 0.984. The molecule has 1 rings (SSSR count). The number of rotatable bonds is 6. The smallest absolute Gasteiger partial charge is 0.146 e. The van der Waals surface area contributed by atoms with Crippen molar-refractivity contribution in [3.63, 3.8) is 0 Å². The number of nitrogens with zero attached hydrogens (tertiary/aromatic N) is 3. The van der Waals surface area contributed by atoms with E-state index in [0.29, 0.717) is 0 Å². The molecule has 0 aliphatic carbocycles. The van der Waals surface area contributed by atoms with Crippen molar-refractivity contribution in [1.82, 2.24) is 9.97 Å². The number of hydrogen-bond acceptors (Lipinski definition) is 3. The first-order chi connectivity index (χ1) is 7.29. The van der Waals surface area contributed by atoms with Crippen LogP contribution in [0.3, 0.4) is 0 Å². The van der Waals surface area contributed by atoms with Gasteiger partial charge in [-0.2, -0.15) is 0 Å². The Labute approximate surface area is 108 Å². The maximum absolute atomic E-state index is 4.30. The molecule has 0 unspecified atom stereocenters. The van der Waals surface area contributed by atoms with Crippen LogP contribution in [0.2, 0.25) is 0 Å². The number of hydrogen-bond donors (Lipinski definition) is 0. The molecule has 3 nitrogen and oxygen atoms in total. The number of aromatic nitrogens is 2. The number of anilines is 1. The SMILES string of the molecule is CCCCN(CCBr)c1ncncc1Br. The van der Waals surface area contributed by atoms with Crippen LogP contribution in [0.15, 0.2) is 17.0 Å². The number of unbranched alkanes of at least 4 members (excludes halogenated alkanes) is 1. The third-order valence-electron chi connectivity index (χ3n) is 2.08. The van der Waals surface area contributed by atoms with E-state index in [1.807, 2.05) is 0 Å². The van der Waals surface area contributed by atoms with Crippen LogP contribution in [0.25, 0.3) is 0 Å². The standard InChI is InChI=1S/C10H15Br2N3/c1-2-3-5-15(6-4-11)10-9(12)7-13-8-14-10/h7-8H,2-6H2,1H3. The minimum atomic E-state index is 0.952. The molecule has 0 aliphatic rings. The van der Waals surface area contributed by atoms with Crippen molar-refractivity contribution in [1.29, 1.82) is 0 Å². The summed E-state index contributed by atoms with van der Waals surface area (Å²) in [6.45, 7) is 4.20. The maximum atomic E-state index is 4.30. The molecule has 15 heavy (non-hydrogen) atoms. The summed E-state index contributed by atoms with van der Waals surface area (Å²) in [5, 5.41) is 0.952. The van der Waals surface area contributed by atoms with E-state index in [1.54, 1.807) is 12.5 Å². The zero-order valence-corrected chi connectivity index (χ0v) is 12.0. The van der Waals surface area contributed by atoms with Crippen LogP contribution in [0.1, 0.15) is 19.8 Å². The van der Waals surface area contributed by atoms with E-state index in [2.05, 4.69) is 53.7 Å². The van der Waals surface area contributed by atoms with Gasteiger partial charge in [0, 0.05) is 24.6 Å². The fourth-order valence-corrected chi connectivity index (χ4v) is 2.21. The highest BCUT2D eigenvalue weighted by atomic mass is 79.9. The quantitative estimate of drug-likeness (QED) is 0.747. The van der Waals surface area contributed by atoms with E-state index >= 15 is 0 Å². The Bertz CT molecular complexity index is 294. The summed E-state index contributed by atoms with van der Waals surface area (Å²) in [7, 11) is 0. The van der Waals surface area contributed by atoms with Gasteiger partial charge in [-0.3, -0.25) is 0 Å². The molecule has 0 spiro atoms. The van der Waals surface area contributed by atoms with Gasteiger partial charge in [0.2, 0.25) is 0 Å². The van der Waals surface area contributed by atoms with Gasteiger partial charge in [0.15, 0.2) is 0 Å². The molecule has 5 heteroatoms. The Hall–Kier alpha value is -0.160. The molecule has 0 saturated heterocycles. The van der Waals surface area contributed by atoms with Crippen molar-refractivity contribution in [2.24, 2.45) is 0 Å². The van der Waals surface area contributed by atoms with Crippen molar-refractivity contribution >= 4 is 37.7 Å². The average molecular weight is 337 g/mol. The highest BCUT2D eigenvalue weighted by Crippen LogP contribution is 2.22. The zero-order chi connectivity index (χ0) is 11.1. The second-order valence-electron chi connectivity index (χ2n) is 3.22. The van der Waals surface area contributed by atoms with E-state index in [1.165, 1.54) is 12.8 Å². The summed E-state index contributed by atoms with van der Waals surface area (Å²) in [6, 6.07) is 0. The summed E-state index contributed by atoms with van der Waals surface area (Å²) in [4.78, 5) is 10.5. The van der Waals surface area contributed by atoms with Gasteiger partial charge in [-0.05, 0) is 22.4 Å². The van der Waals surface area contributed by atoms with Crippen LogP contribution in [0.4, 0.5) is 5.82 Å². The van der Waals surface area contributed by atoms with Gasteiger partial charge in [0.1, 0.15) is 12.1 Å². The first kappa shape index (κ1) is 12.9. The molecule has 84 valence electrons. The number of halogens is 2. The molecule has 0 aromatic carbocycles. The Morgan fingerprint density at radius 3 is 2.80 bits per heavy atom. The van der Waals surface area contributed by atoms with E-state index < -0.39 is 0 Å². The maximum Gasteiger partial charge on any atom is 0.146 e. The van der Waals surface area contributed by atoms with Crippen molar-refractivity contribution < 1.29 is 0 Å². The molecule has 1 aromatic rings. The predicted octanol–water partition coefficient (Wildman–Crippen LogP) is 3.24. The van der Waals surface area contributed by atoms with Gasteiger partial charge in [-0.1, -0.05) is 29.3 Å². The van der Waals surface area contributed by atoms with Gasteiger partial charge in [-0.15, -0.1) is 0 Å². The first-order valence-corrected chi connectivity index (χ1v) is 6.97. The summed E-state index contributed by atoms with van der Waals surface area (Å²) >= 11 is 6.94. The molecule has 0 radical (unpaired) electrons. The van der Waals surface area contributed by atoms with E-state index in [0.717, 1.165) is 28.7 Å². The first-order valence-electron chi connectivity index (χ1n) is 5.06. The fourth-order valence-electron chi connectivity index (χ4n) is 1.31. The Morgan fingerprint density at radius 2 is 2.20 bits per heavy atom. The van der Waals surface area contributed by atoms with E-state index in [9.17, 15) is 0 Å². The second-order valence-corrected chi connectivity index (χ2v) is 4.87. The van der Waals surface area contributed by atoms with Crippen LogP contribution in [-0.2, 0) is 0 Å². The molecule has 0 bridgehead atoms. The van der Waals surface area contributed by atoms with Gasteiger partial charge < -0.3 is 4.90 Å². The Balaban J connectivity index is 2.74. The molecular formula is C10H15Br2N3. The average Bonchev–Trinajstić information content (AvgIpc) is 2.25. The highest BCUT2D eigenvalue weighted by molar-refractivity contribution is 9.10. The number of alkyl halides is 1. The van der Waals surface area contributed by atoms with E-state index in [-0.39, 0.29) is 0 Å². The third-order valence-corrected chi connectivity index (χ3v) is 3.00. The van der Waals surface area contributed by atoms with Gasteiger partial charge >= 0.3 is 0 Å². The summed E-state index contributed by atoms with van der Waals surface area (Å²) < 4.78 is 0.960. The molecule has 1 heterocycles. The largest absolute Gasteiger partial charge is 0.355 e. The van der Waals surface area contributed by atoms with Gasteiger partial charge in [0.25, 0.3) is 0 Å². The molecule has 0 fully saturated rings. The third kappa shape index (κ3) is 4.07. The lowest BCUT2D eigenvalue weighted by molar-refractivity contribution is 0.724. The summed E-state index contributed by atoms with van der Waals surface area (Å²) in [6.07, 6.45) is 5.76. The van der Waals surface area contributed by atoms with Crippen molar-refractivity contribution in [3.8, 4) is 0 Å². The normalized spacial score (nSPS) is 10.3. The topological polar surface area (TPSA) is 29.0 Å². The van der Waals surface area contributed by atoms with Crippen molar-refractivity contribution in [2.45, 2.75) is 19.8 Å². The summed E-state index contributed by atoms with van der Waals surface area (Å²) in [5.41, 5.74) is 0. The van der Waals surface area contributed by atoms with Crippen LogP contribution < -0.4 is 4.90 Å². The lowest BCUT2D eigenvalue weighted by atomic mass is 10.3. The Morgan fingerprint density at radius 1 is 1.40 bits per heavy atom. The minimum absolute atomic E-state index is 0.952. The van der Waals surface area contributed by atoms with Crippen LogP contribution in [-0.4, -0.2) is 28.4 Å². The van der Waals surface area contributed by atoms with Gasteiger partial charge in [0.05, 0.1) is 4.47 Å². The Kier molecular flexibility index (Phi) is 6.17. The monoisotopic (exact) mass is 335 g/mol. The van der Waals surface area contributed by atoms with Crippen LogP contribution >= 0.6 is 31.9 Å². The van der Waals surface area contributed by atoms with Crippen molar-refractivity contribution in [2.75, 3.05) is 23.3 Å². The lowest BCUT2D eigenvalue weighted by Crippen LogP contribution is -2.27. The lowest BCUT2D eigenvalue weighted by Gasteiger charge is -2.23. The molecular weight excluding hydrogens is 322 g/mol. The second kappa shape index (κ2) is 7.17. The molecule has 1 aromatic heterocycles. The molecule has 0 N–H and O–H groups in total. The minimum Gasteiger partial charge on any atom is -0.355 e. The molecule has 0 aliphatic heterocycles. The highest BCUT2D eigenvalue weighted by Gasteiger charge is 2.09. The molecule has 0 saturated carbocycles. The fraction of sp³-hybridized carbons (Fsp3) is 0.600. The predicted molar refractivity (Wildman–Crippen MR) is 70.6 cm³/mol. The van der Waals surface area contributed by atoms with Gasteiger partial charge in [-0.25, -0.2) is 9.97 Å². The van der Waals surface area contributed by atoms with Crippen LogP contribution in [0.5, 0.6) is 0 Å².